The fourth-order valence-electron chi connectivity index (χ4n) is 0.786. The summed E-state index contributed by atoms with van der Waals surface area (Å²) in [7, 11) is 0. The lowest BCUT2D eigenvalue weighted by atomic mass is 10.1. The summed E-state index contributed by atoms with van der Waals surface area (Å²) in [6, 6.07) is 0. The van der Waals surface area contributed by atoms with Crippen LogP contribution in [0, 0.1) is 0 Å². The summed E-state index contributed by atoms with van der Waals surface area (Å²) < 4.78 is 0. The summed E-state index contributed by atoms with van der Waals surface area (Å²) in [5.41, 5.74) is 1.41. The molecule has 0 aromatic heterocycles. The lowest BCUT2D eigenvalue weighted by molar-refractivity contribution is 1.17. The van der Waals surface area contributed by atoms with Gasteiger partial charge < -0.3 is 0 Å². The van der Waals surface area contributed by atoms with Crippen molar-refractivity contribution in [1.29, 1.82) is 0 Å². The maximum absolute atomic E-state index is 4.00. The predicted octanol–water partition coefficient (Wildman–Crippen LogP) is 4.22. The van der Waals surface area contributed by atoms with Gasteiger partial charge in [-0.3, -0.25) is 4.99 Å². The Morgan fingerprint density at radius 2 is 2.08 bits per heavy atom. The first-order valence-corrected chi connectivity index (χ1v) is 3.24. The first-order valence-electron chi connectivity index (χ1n) is 3.24. The Labute approximate surface area is 77.9 Å². The third kappa shape index (κ3) is 5.90. The van der Waals surface area contributed by atoms with Crippen LogP contribution < -0.4 is 0 Å². The van der Waals surface area contributed by atoms with Gasteiger partial charge in [-0.1, -0.05) is 34.4 Å². The molecule has 0 unspecified atom stereocenters. The molecule has 0 N–H and O–H groups in total. The van der Waals surface area contributed by atoms with E-state index in [1.54, 1.807) is 0 Å². The third-order valence-electron chi connectivity index (χ3n) is 1.33. The summed E-state index contributed by atoms with van der Waals surface area (Å²) in [5, 5.41) is 0. The normalized spacial score (nSPS) is 12.9. The van der Waals surface area contributed by atoms with Crippen LogP contribution in [0.4, 0.5) is 0 Å². The second kappa shape index (κ2) is 10.2. The van der Waals surface area contributed by atoms with E-state index in [9.17, 15) is 0 Å². The SMILES string of the molecule is C.C.C.CC=CCC1=CN=CC1. The lowest BCUT2D eigenvalue weighted by Crippen LogP contribution is -1.74. The van der Waals surface area contributed by atoms with Gasteiger partial charge in [-0.2, -0.15) is 0 Å². The van der Waals surface area contributed by atoms with Gasteiger partial charge in [0.15, 0.2) is 0 Å². The predicted molar refractivity (Wildman–Crippen MR) is 60.8 cm³/mol. The van der Waals surface area contributed by atoms with Crippen molar-refractivity contribution in [1.82, 2.24) is 0 Å². The van der Waals surface area contributed by atoms with E-state index < -0.39 is 0 Å². The molecule has 0 aromatic carbocycles. The molecular weight excluding hydrogens is 146 g/mol. The van der Waals surface area contributed by atoms with Crippen molar-refractivity contribution in [3.05, 3.63) is 23.9 Å². The van der Waals surface area contributed by atoms with Crippen molar-refractivity contribution in [2.45, 2.75) is 42.0 Å². The van der Waals surface area contributed by atoms with E-state index in [1.807, 2.05) is 19.3 Å². The minimum Gasteiger partial charge on any atom is -0.269 e. The molecule has 1 heteroatoms. The molecule has 0 spiro atoms. The van der Waals surface area contributed by atoms with Crippen LogP contribution in [0.1, 0.15) is 42.0 Å². The first-order chi connectivity index (χ1) is 4.43. The Morgan fingerprint density at radius 1 is 1.42 bits per heavy atom. The van der Waals surface area contributed by atoms with E-state index in [4.69, 9.17) is 0 Å². The van der Waals surface area contributed by atoms with E-state index in [-0.39, 0.29) is 22.3 Å². The standard InChI is InChI=1S/C8H11N.3CH4/c1-2-3-4-8-5-6-9-7-8;;;/h2-3,6-7H,4-5H2,1H3;3*1H4. The Morgan fingerprint density at radius 3 is 2.50 bits per heavy atom. The highest BCUT2D eigenvalue weighted by Crippen LogP contribution is 2.10. The average Bonchev–Trinajstić information content (AvgIpc) is 2.34. The molecule has 0 radical (unpaired) electrons. The quantitative estimate of drug-likeness (QED) is 0.549. The van der Waals surface area contributed by atoms with Gasteiger partial charge in [0.1, 0.15) is 0 Å². The minimum atomic E-state index is 0. The molecule has 0 amide bonds. The van der Waals surface area contributed by atoms with Gasteiger partial charge in [0.05, 0.1) is 0 Å². The molecule has 1 heterocycles. The van der Waals surface area contributed by atoms with Gasteiger partial charge in [-0.15, -0.1) is 0 Å². The molecule has 0 saturated heterocycles. The summed E-state index contributed by atoms with van der Waals surface area (Å²) in [6.07, 6.45) is 10.2. The van der Waals surface area contributed by atoms with E-state index in [1.165, 1.54) is 5.57 Å². The topological polar surface area (TPSA) is 12.4 Å². The van der Waals surface area contributed by atoms with Gasteiger partial charge in [0.2, 0.25) is 0 Å². The number of aliphatic imine (C=N–C) groups is 1. The molecule has 1 aliphatic rings. The molecule has 72 valence electrons. The molecule has 1 nitrogen and oxygen atoms in total. The van der Waals surface area contributed by atoms with Gasteiger partial charge >= 0.3 is 0 Å². The number of hydrogen-bond donors (Lipinski definition) is 0. The highest BCUT2D eigenvalue weighted by Gasteiger charge is 1.95. The van der Waals surface area contributed by atoms with Crippen LogP contribution in [-0.2, 0) is 0 Å². The number of rotatable bonds is 2. The average molecular weight is 169 g/mol. The third-order valence-corrected chi connectivity index (χ3v) is 1.33. The Kier molecular flexibility index (Phi) is 14.6. The maximum atomic E-state index is 4.00. The first kappa shape index (κ1) is 17.3. The molecule has 0 aromatic rings. The lowest BCUT2D eigenvalue weighted by Gasteiger charge is -1.89. The van der Waals surface area contributed by atoms with Crippen LogP contribution in [0.3, 0.4) is 0 Å². The zero-order valence-electron chi connectivity index (χ0n) is 5.67. The molecule has 0 atom stereocenters. The minimum absolute atomic E-state index is 0. The molecule has 0 bridgehead atoms. The van der Waals surface area contributed by atoms with Crippen molar-refractivity contribution < 1.29 is 0 Å². The van der Waals surface area contributed by atoms with Crippen LogP contribution in [0.2, 0.25) is 0 Å². The molecule has 0 saturated carbocycles. The molecule has 12 heavy (non-hydrogen) atoms. The molecular formula is C11H23N. The van der Waals surface area contributed by atoms with Crippen molar-refractivity contribution in [3.8, 4) is 0 Å². The van der Waals surface area contributed by atoms with E-state index in [0.29, 0.717) is 0 Å². The Balaban J connectivity index is -0.000000270. The van der Waals surface area contributed by atoms with Crippen LogP contribution in [0.5, 0.6) is 0 Å². The molecule has 1 rings (SSSR count). The summed E-state index contributed by atoms with van der Waals surface area (Å²) in [4.78, 5) is 4.00. The summed E-state index contributed by atoms with van der Waals surface area (Å²) in [5.74, 6) is 0. The van der Waals surface area contributed by atoms with Gasteiger partial charge in [-0.05, 0) is 18.9 Å². The van der Waals surface area contributed by atoms with E-state index in [2.05, 4.69) is 17.1 Å². The van der Waals surface area contributed by atoms with Gasteiger partial charge in [0, 0.05) is 18.8 Å². The fourth-order valence-corrected chi connectivity index (χ4v) is 0.786. The zero-order valence-corrected chi connectivity index (χ0v) is 5.67. The number of hydrogen-bond acceptors (Lipinski definition) is 1. The van der Waals surface area contributed by atoms with Gasteiger partial charge in [0.25, 0.3) is 0 Å². The van der Waals surface area contributed by atoms with Crippen molar-refractivity contribution in [2.24, 2.45) is 4.99 Å². The maximum Gasteiger partial charge on any atom is 0.0262 e. The zero-order chi connectivity index (χ0) is 6.53. The second-order valence-electron chi connectivity index (χ2n) is 2.10. The fraction of sp³-hybridized carbons (Fsp3) is 0.545. The van der Waals surface area contributed by atoms with E-state index >= 15 is 0 Å². The second-order valence-corrected chi connectivity index (χ2v) is 2.10. The van der Waals surface area contributed by atoms with Crippen molar-refractivity contribution >= 4 is 6.21 Å². The smallest absolute Gasteiger partial charge is 0.0262 e. The van der Waals surface area contributed by atoms with Crippen molar-refractivity contribution in [3.63, 3.8) is 0 Å². The Hall–Kier alpha value is -0.850. The van der Waals surface area contributed by atoms with Crippen molar-refractivity contribution in [2.75, 3.05) is 0 Å². The molecule has 0 fully saturated rings. The summed E-state index contributed by atoms with van der Waals surface area (Å²) in [6.45, 7) is 2.04. The van der Waals surface area contributed by atoms with Crippen LogP contribution in [-0.4, -0.2) is 6.21 Å². The Bertz CT molecular complexity index is 164. The van der Waals surface area contributed by atoms with Crippen LogP contribution in [0.25, 0.3) is 0 Å². The monoisotopic (exact) mass is 169 g/mol. The summed E-state index contributed by atoms with van der Waals surface area (Å²) >= 11 is 0. The van der Waals surface area contributed by atoms with Crippen LogP contribution >= 0.6 is 0 Å². The van der Waals surface area contributed by atoms with Crippen LogP contribution in [0.15, 0.2) is 28.9 Å². The number of allylic oxidation sites excluding steroid dienone is 3. The van der Waals surface area contributed by atoms with Gasteiger partial charge in [-0.25, -0.2) is 0 Å². The number of nitrogens with zero attached hydrogens (tertiary/aromatic N) is 1. The molecule has 1 aliphatic heterocycles. The van der Waals surface area contributed by atoms with E-state index in [0.717, 1.165) is 12.8 Å². The largest absolute Gasteiger partial charge is 0.269 e. The highest BCUT2D eigenvalue weighted by molar-refractivity contribution is 5.65. The molecule has 0 aliphatic carbocycles. The highest BCUT2D eigenvalue weighted by atomic mass is 14.7.